The summed E-state index contributed by atoms with van der Waals surface area (Å²) in [4.78, 5) is 14.8. The Bertz CT molecular complexity index is 760. The van der Waals surface area contributed by atoms with Gasteiger partial charge in [-0.3, -0.25) is 9.48 Å². The topological polar surface area (TPSA) is 71.2 Å². The molecule has 2 aromatic rings. The number of nitrogens with zero attached hydrogens (tertiary/aromatic N) is 4. The molecule has 1 amide bonds. The molecule has 1 saturated heterocycles. The van der Waals surface area contributed by atoms with E-state index in [0.717, 1.165) is 12.0 Å². The number of carbonyl (C=O) groups excluding carboxylic acids is 1. The van der Waals surface area contributed by atoms with Crippen LogP contribution in [-0.2, 0) is 18.2 Å². The number of methoxy groups -OCH3 is 1. The maximum atomic E-state index is 12.9. The first-order valence-electron chi connectivity index (χ1n) is 7.94. The summed E-state index contributed by atoms with van der Waals surface area (Å²) in [6, 6.07) is 8.83. The predicted molar refractivity (Wildman–Crippen MR) is 88.3 cm³/mol. The highest BCUT2D eigenvalue weighted by Crippen LogP contribution is 2.26. The van der Waals surface area contributed by atoms with E-state index in [-0.39, 0.29) is 18.1 Å². The van der Waals surface area contributed by atoms with Crippen LogP contribution in [0.15, 0.2) is 36.7 Å². The number of nitriles is 1. The van der Waals surface area contributed by atoms with E-state index in [1.165, 1.54) is 0 Å². The average Bonchev–Trinajstić information content (AvgIpc) is 3.20. The van der Waals surface area contributed by atoms with Crippen LogP contribution in [0.5, 0.6) is 0 Å². The van der Waals surface area contributed by atoms with Gasteiger partial charge in [0.05, 0.1) is 30.0 Å². The molecule has 0 aliphatic carbocycles. The van der Waals surface area contributed by atoms with Gasteiger partial charge in [-0.25, -0.2) is 0 Å². The zero-order valence-corrected chi connectivity index (χ0v) is 13.8. The summed E-state index contributed by atoms with van der Waals surface area (Å²) in [6.45, 7) is 0.669. The van der Waals surface area contributed by atoms with Gasteiger partial charge in [0.25, 0.3) is 5.91 Å². The second-order valence-electron chi connectivity index (χ2n) is 6.04. The van der Waals surface area contributed by atoms with Crippen molar-refractivity contribution in [1.29, 1.82) is 5.26 Å². The van der Waals surface area contributed by atoms with Crippen molar-refractivity contribution in [3.05, 3.63) is 53.3 Å². The summed E-state index contributed by atoms with van der Waals surface area (Å²) >= 11 is 0. The first-order chi connectivity index (χ1) is 11.6. The molecule has 0 N–H and O–H groups in total. The molecule has 3 rings (SSSR count). The van der Waals surface area contributed by atoms with Crippen LogP contribution in [0.3, 0.4) is 0 Å². The zero-order chi connectivity index (χ0) is 17.1. The molecule has 1 aromatic carbocycles. The van der Waals surface area contributed by atoms with Crippen LogP contribution in [-0.4, -0.2) is 46.4 Å². The summed E-state index contributed by atoms with van der Waals surface area (Å²) < 4.78 is 7.35. The molecule has 0 bridgehead atoms. The number of carbonyl (C=O) groups is 1. The van der Waals surface area contributed by atoms with E-state index in [1.54, 1.807) is 36.1 Å². The molecule has 124 valence electrons. The Kier molecular flexibility index (Phi) is 4.63. The van der Waals surface area contributed by atoms with E-state index in [9.17, 15) is 4.79 Å². The van der Waals surface area contributed by atoms with E-state index in [0.29, 0.717) is 24.1 Å². The van der Waals surface area contributed by atoms with E-state index >= 15 is 0 Å². The Labute approximate surface area is 141 Å². The van der Waals surface area contributed by atoms with Gasteiger partial charge in [0.1, 0.15) is 0 Å². The van der Waals surface area contributed by atoms with Crippen LogP contribution >= 0.6 is 0 Å². The molecule has 2 atom stereocenters. The molecule has 2 heterocycles. The van der Waals surface area contributed by atoms with Crippen molar-refractivity contribution in [2.24, 2.45) is 7.05 Å². The van der Waals surface area contributed by atoms with Crippen molar-refractivity contribution in [2.75, 3.05) is 13.7 Å². The van der Waals surface area contributed by atoms with Gasteiger partial charge in [-0.1, -0.05) is 0 Å². The fourth-order valence-corrected chi connectivity index (χ4v) is 3.27. The molecule has 1 aliphatic heterocycles. The van der Waals surface area contributed by atoms with Gasteiger partial charge in [-0.15, -0.1) is 0 Å². The number of hydrogen-bond donors (Lipinski definition) is 0. The monoisotopic (exact) mass is 324 g/mol. The highest BCUT2D eigenvalue weighted by Gasteiger charge is 2.37. The number of aromatic nitrogens is 2. The van der Waals surface area contributed by atoms with Crippen LogP contribution in [0.2, 0.25) is 0 Å². The lowest BCUT2D eigenvalue weighted by atomic mass is 10.0. The number of likely N-dealkylation sites (tertiary alicyclic amines) is 1. The number of benzene rings is 1. The van der Waals surface area contributed by atoms with E-state index < -0.39 is 0 Å². The quantitative estimate of drug-likeness (QED) is 0.859. The molecule has 0 spiro atoms. The summed E-state index contributed by atoms with van der Waals surface area (Å²) in [7, 11) is 3.57. The molecule has 1 fully saturated rings. The number of ether oxygens (including phenoxy) is 1. The number of hydrogen-bond acceptors (Lipinski definition) is 4. The highest BCUT2D eigenvalue weighted by atomic mass is 16.5. The number of aryl methyl sites for hydroxylation is 1. The van der Waals surface area contributed by atoms with Gasteiger partial charge in [-0.2, -0.15) is 10.4 Å². The molecular formula is C18H20N4O2. The zero-order valence-electron chi connectivity index (χ0n) is 13.8. The van der Waals surface area contributed by atoms with Crippen molar-refractivity contribution >= 4 is 5.91 Å². The first kappa shape index (κ1) is 16.2. The fourth-order valence-electron chi connectivity index (χ4n) is 3.27. The van der Waals surface area contributed by atoms with Crippen molar-refractivity contribution in [1.82, 2.24) is 14.7 Å². The second-order valence-corrected chi connectivity index (χ2v) is 6.04. The van der Waals surface area contributed by atoms with Gasteiger partial charge in [-0.05, 0) is 42.7 Å². The highest BCUT2D eigenvalue weighted by molar-refractivity contribution is 5.94. The Morgan fingerprint density at radius 1 is 1.42 bits per heavy atom. The van der Waals surface area contributed by atoms with Crippen molar-refractivity contribution < 1.29 is 9.53 Å². The maximum absolute atomic E-state index is 12.9. The molecule has 1 aromatic heterocycles. The van der Waals surface area contributed by atoms with Crippen molar-refractivity contribution in [2.45, 2.75) is 25.0 Å². The summed E-state index contributed by atoms with van der Waals surface area (Å²) in [5, 5.41) is 13.1. The van der Waals surface area contributed by atoms with Crippen molar-refractivity contribution in [3.8, 4) is 6.07 Å². The maximum Gasteiger partial charge on any atom is 0.254 e. The fraction of sp³-hybridized carbons (Fsp3) is 0.389. The van der Waals surface area contributed by atoms with Crippen LogP contribution in [0.4, 0.5) is 0 Å². The largest absolute Gasteiger partial charge is 0.379 e. The summed E-state index contributed by atoms with van der Waals surface area (Å²) in [6.07, 6.45) is 5.36. The molecule has 6 heteroatoms. The van der Waals surface area contributed by atoms with E-state index in [1.807, 2.05) is 24.3 Å². The molecule has 1 aliphatic rings. The molecular weight excluding hydrogens is 304 g/mol. The minimum atomic E-state index is -0.0204. The van der Waals surface area contributed by atoms with Gasteiger partial charge in [0.15, 0.2) is 0 Å². The minimum Gasteiger partial charge on any atom is -0.379 e. The summed E-state index contributed by atoms with van der Waals surface area (Å²) in [5.41, 5.74) is 2.24. The van der Waals surface area contributed by atoms with Gasteiger partial charge in [0.2, 0.25) is 0 Å². The third kappa shape index (κ3) is 3.17. The lowest BCUT2D eigenvalue weighted by molar-refractivity contribution is 0.0508. The third-order valence-corrected chi connectivity index (χ3v) is 4.51. The molecule has 0 saturated carbocycles. The Balaban J connectivity index is 1.81. The Morgan fingerprint density at radius 2 is 2.17 bits per heavy atom. The smallest absolute Gasteiger partial charge is 0.254 e. The Morgan fingerprint density at radius 3 is 2.75 bits per heavy atom. The predicted octanol–water partition coefficient (Wildman–Crippen LogP) is 1.76. The average molecular weight is 324 g/mol. The molecule has 0 unspecified atom stereocenters. The van der Waals surface area contributed by atoms with E-state index in [4.69, 9.17) is 10.00 Å². The van der Waals surface area contributed by atoms with Crippen LogP contribution in [0.1, 0.15) is 27.9 Å². The van der Waals surface area contributed by atoms with Crippen LogP contribution in [0, 0.1) is 11.3 Å². The lowest BCUT2D eigenvalue weighted by Crippen LogP contribution is -2.41. The standard InChI is InChI=1S/C18H20N4O2/c1-21-12-14(11-20-21)9-16-17(24-2)7-8-22(16)18(23)15-5-3-13(10-19)4-6-15/h3-6,11-12,16-17H,7-9H2,1-2H3/t16-,17+/m1/s1. The molecule has 24 heavy (non-hydrogen) atoms. The number of rotatable bonds is 4. The van der Waals surface area contributed by atoms with Gasteiger partial charge >= 0.3 is 0 Å². The van der Waals surface area contributed by atoms with Crippen LogP contribution < -0.4 is 0 Å². The Hall–Kier alpha value is -2.65. The third-order valence-electron chi connectivity index (χ3n) is 4.51. The second kappa shape index (κ2) is 6.85. The number of amides is 1. The SMILES string of the molecule is CO[C@H]1CCN(C(=O)c2ccc(C#N)cc2)[C@@H]1Cc1cnn(C)c1. The molecule has 0 radical (unpaired) electrons. The van der Waals surface area contributed by atoms with Gasteiger partial charge < -0.3 is 9.64 Å². The minimum absolute atomic E-state index is 0.0117. The van der Waals surface area contributed by atoms with E-state index in [2.05, 4.69) is 11.2 Å². The van der Waals surface area contributed by atoms with Crippen LogP contribution in [0.25, 0.3) is 0 Å². The normalized spacial score (nSPS) is 20.1. The summed E-state index contributed by atoms with van der Waals surface area (Å²) in [5.74, 6) is -0.0204. The lowest BCUT2D eigenvalue weighted by Gasteiger charge is -2.27. The van der Waals surface area contributed by atoms with Gasteiger partial charge in [0, 0.05) is 32.5 Å². The molecule has 6 nitrogen and oxygen atoms in total. The first-order valence-corrected chi connectivity index (χ1v) is 7.94. The van der Waals surface area contributed by atoms with Crippen molar-refractivity contribution in [3.63, 3.8) is 0 Å².